The molecular weight excluding hydrogens is 254 g/mol. The van der Waals surface area contributed by atoms with Gasteiger partial charge in [-0.05, 0) is 52.2 Å². The Labute approximate surface area is 122 Å². The van der Waals surface area contributed by atoms with Gasteiger partial charge in [-0.25, -0.2) is 0 Å². The Balaban J connectivity index is 1.63. The number of β-amino-alcohol motifs (C(OH)–C–C–N with tert-alkyl or cyclic N) is 1. The van der Waals surface area contributed by atoms with Crippen molar-refractivity contribution < 1.29 is 9.90 Å². The lowest BCUT2D eigenvalue weighted by atomic mass is 9.96. The van der Waals surface area contributed by atoms with E-state index in [4.69, 9.17) is 0 Å². The minimum Gasteiger partial charge on any atom is -0.392 e. The van der Waals surface area contributed by atoms with E-state index in [-0.39, 0.29) is 12.0 Å². The Kier molecular flexibility index (Phi) is 5.81. The van der Waals surface area contributed by atoms with Crippen LogP contribution < -0.4 is 0 Å². The summed E-state index contributed by atoms with van der Waals surface area (Å²) < 4.78 is 0. The predicted octanol–water partition coefficient (Wildman–Crippen LogP) is 0.243. The second kappa shape index (κ2) is 7.38. The Morgan fingerprint density at radius 3 is 2.45 bits per heavy atom. The number of aliphatic hydroxyl groups excluding tert-OH is 1. The van der Waals surface area contributed by atoms with E-state index in [0.29, 0.717) is 12.5 Å². The van der Waals surface area contributed by atoms with E-state index in [1.54, 1.807) is 0 Å². The van der Waals surface area contributed by atoms with E-state index < -0.39 is 0 Å². The maximum absolute atomic E-state index is 11.9. The average molecular weight is 283 g/mol. The van der Waals surface area contributed by atoms with Crippen molar-refractivity contribution in [2.24, 2.45) is 5.92 Å². The molecule has 0 aromatic rings. The van der Waals surface area contributed by atoms with Crippen LogP contribution in [0.25, 0.3) is 0 Å². The number of aliphatic hydroxyl groups is 1. The molecule has 0 aliphatic carbocycles. The number of rotatable bonds is 6. The molecule has 0 bridgehead atoms. The highest BCUT2D eigenvalue weighted by Gasteiger charge is 2.24. The van der Waals surface area contributed by atoms with Crippen LogP contribution in [-0.4, -0.2) is 84.7 Å². The van der Waals surface area contributed by atoms with Gasteiger partial charge in [0, 0.05) is 26.2 Å². The first-order valence-electron chi connectivity index (χ1n) is 7.91. The zero-order valence-corrected chi connectivity index (χ0v) is 12.9. The van der Waals surface area contributed by atoms with Crippen LogP contribution >= 0.6 is 0 Å². The Hall–Kier alpha value is -0.650. The minimum absolute atomic E-state index is 0.233. The largest absolute Gasteiger partial charge is 0.392 e. The lowest BCUT2D eigenvalue weighted by molar-refractivity contribution is -0.135. The normalized spacial score (nSPS) is 22.9. The summed E-state index contributed by atoms with van der Waals surface area (Å²) in [6, 6.07) is 0. The van der Waals surface area contributed by atoms with Crippen molar-refractivity contribution in [2.45, 2.75) is 32.3 Å². The van der Waals surface area contributed by atoms with Crippen molar-refractivity contribution in [1.29, 1.82) is 0 Å². The van der Waals surface area contributed by atoms with Gasteiger partial charge in [0.25, 0.3) is 0 Å². The number of nitrogens with zero attached hydrogens (tertiary/aromatic N) is 3. The third kappa shape index (κ3) is 4.72. The molecule has 0 unspecified atom stereocenters. The van der Waals surface area contributed by atoms with Crippen LogP contribution in [0.4, 0.5) is 0 Å². The number of likely N-dealkylation sites (N-methyl/N-ethyl adjacent to an activating group) is 1. The number of likely N-dealkylation sites (tertiary alicyclic amines) is 2. The van der Waals surface area contributed by atoms with Gasteiger partial charge < -0.3 is 14.9 Å². The fourth-order valence-corrected chi connectivity index (χ4v) is 3.13. The standard InChI is InChI=1S/C15H29N3O2/c1-13(19)10-17-8-4-14(5-9-17)11-16(2)12-15(20)18-6-3-7-18/h13-14,19H,3-12H2,1-2H3/t13-/m1/s1. The monoisotopic (exact) mass is 283 g/mol. The summed E-state index contributed by atoms with van der Waals surface area (Å²) in [5.74, 6) is 0.972. The van der Waals surface area contributed by atoms with Gasteiger partial charge in [0.2, 0.25) is 5.91 Å². The van der Waals surface area contributed by atoms with Crippen LogP contribution in [0.2, 0.25) is 0 Å². The van der Waals surface area contributed by atoms with Gasteiger partial charge in [-0.1, -0.05) is 0 Å². The quantitative estimate of drug-likeness (QED) is 0.759. The highest BCUT2D eigenvalue weighted by molar-refractivity contribution is 5.78. The first-order valence-corrected chi connectivity index (χ1v) is 7.91. The molecule has 20 heavy (non-hydrogen) atoms. The van der Waals surface area contributed by atoms with Crippen molar-refractivity contribution in [2.75, 3.05) is 52.9 Å². The van der Waals surface area contributed by atoms with E-state index in [1.165, 1.54) is 12.8 Å². The molecule has 0 aromatic heterocycles. The Bertz CT molecular complexity index is 310. The molecule has 1 atom stereocenters. The molecule has 5 nitrogen and oxygen atoms in total. The molecule has 0 radical (unpaired) electrons. The summed E-state index contributed by atoms with van der Waals surface area (Å²) in [4.78, 5) is 18.4. The molecule has 2 aliphatic rings. The molecular formula is C15H29N3O2. The smallest absolute Gasteiger partial charge is 0.236 e. The van der Waals surface area contributed by atoms with Gasteiger partial charge in [0.05, 0.1) is 12.6 Å². The van der Waals surface area contributed by atoms with Gasteiger partial charge in [0.15, 0.2) is 0 Å². The van der Waals surface area contributed by atoms with Crippen LogP contribution in [0.15, 0.2) is 0 Å². The fourth-order valence-electron chi connectivity index (χ4n) is 3.13. The van der Waals surface area contributed by atoms with Crippen molar-refractivity contribution in [3.63, 3.8) is 0 Å². The van der Waals surface area contributed by atoms with Gasteiger partial charge in [-0.15, -0.1) is 0 Å². The molecule has 2 heterocycles. The Morgan fingerprint density at radius 1 is 1.30 bits per heavy atom. The van der Waals surface area contributed by atoms with Gasteiger partial charge in [-0.3, -0.25) is 9.69 Å². The summed E-state index contributed by atoms with van der Waals surface area (Å²) in [5.41, 5.74) is 0. The highest BCUT2D eigenvalue weighted by Crippen LogP contribution is 2.18. The van der Waals surface area contributed by atoms with Gasteiger partial charge in [-0.2, -0.15) is 0 Å². The van der Waals surface area contributed by atoms with Gasteiger partial charge in [0.1, 0.15) is 0 Å². The summed E-state index contributed by atoms with van der Waals surface area (Å²) in [6.45, 7) is 8.26. The van der Waals surface area contributed by atoms with Crippen molar-refractivity contribution in [1.82, 2.24) is 14.7 Å². The molecule has 116 valence electrons. The highest BCUT2D eigenvalue weighted by atomic mass is 16.3. The molecule has 1 N–H and O–H groups in total. The van der Waals surface area contributed by atoms with E-state index in [0.717, 1.165) is 45.7 Å². The zero-order valence-electron chi connectivity index (χ0n) is 12.9. The van der Waals surface area contributed by atoms with Crippen LogP contribution in [0, 0.1) is 5.92 Å². The zero-order chi connectivity index (χ0) is 14.5. The topological polar surface area (TPSA) is 47.0 Å². The van der Waals surface area contributed by atoms with Crippen LogP contribution in [-0.2, 0) is 4.79 Å². The summed E-state index contributed by atoms with van der Waals surface area (Å²) in [5, 5.41) is 9.40. The number of carbonyl (C=O) groups excluding carboxylic acids is 1. The van der Waals surface area contributed by atoms with E-state index in [2.05, 4.69) is 16.8 Å². The third-order valence-electron chi connectivity index (χ3n) is 4.41. The molecule has 0 saturated carbocycles. The number of carbonyl (C=O) groups is 1. The number of piperidine rings is 1. The predicted molar refractivity (Wildman–Crippen MR) is 79.5 cm³/mol. The average Bonchev–Trinajstić information content (AvgIpc) is 2.28. The molecule has 2 fully saturated rings. The number of amides is 1. The maximum Gasteiger partial charge on any atom is 0.236 e. The molecule has 2 rings (SSSR count). The fraction of sp³-hybridized carbons (Fsp3) is 0.933. The second-order valence-electron chi connectivity index (χ2n) is 6.52. The van der Waals surface area contributed by atoms with Crippen LogP contribution in [0.1, 0.15) is 26.2 Å². The van der Waals surface area contributed by atoms with Crippen LogP contribution in [0.3, 0.4) is 0 Å². The Morgan fingerprint density at radius 2 is 1.95 bits per heavy atom. The lowest BCUT2D eigenvalue weighted by Gasteiger charge is -2.35. The number of hydrogen-bond acceptors (Lipinski definition) is 4. The van der Waals surface area contributed by atoms with E-state index >= 15 is 0 Å². The molecule has 1 amide bonds. The summed E-state index contributed by atoms with van der Waals surface area (Å²) >= 11 is 0. The van der Waals surface area contributed by atoms with Gasteiger partial charge >= 0.3 is 0 Å². The summed E-state index contributed by atoms with van der Waals surface area (Å²) in [6.07, 6.45) is 3.28. The first kappa shape index (κ1) is 15.7. The van der Waals surface area contributed by atoms with E-state index in [1.807, 2.05) is 11.8 Å². The lowest BCUT2D eigenvalue weighted by Crippen LogP contribution is -2.47. The van der Waals surface area contributed by atoms with Crippen molar-refractivity contribution in [3.05, 3.63) is 0 Å². The molecule has 5 heteroatoms. The van der Waals surface area contributed by atoms with Crippen molar-refractivity contribution in [3.8, 4) is 0 Å². The molecule has 2 aliphatic heterocycles. The SMILES string of the molecule is C[C@@H](O)CN1CCC(CN(C)CC(=O)N2CCC2)CC1. The minimum atomic E-state index is -0.233. The third-order valence-corrected chi connectivity index (χ3v) is 4.41. The second-order valence-corrected chi connectivity index (χ2v) is 6.52. The van der Waals surface area contributed by atoms with E-state index in [9.17, 15) is 9.90 Å². The molecule has 0 aromatic carbocycles. The van der Waals surface area contributed by atoms with Crippen molar-refractivity contribution >= 4 is 5.91 Å². The maximum atomic E-state index is 11.9. The molecule has 0 spiro atoms. The summed E-state index contributed by atoms with van der Waals surface area (Å²) in [7, 11) is 2.06. The number of hydrogen-bond donors (Lipinski definition) is 1. The molecule has 2 saturated heterocycles. The first-order chi connectivity index (χ1) is 9.54. The van der Waals surface area contributed by atoms with Crippen LogP contribution in [0.5, 0.6) is 0 Å².